The third kappa shape index (κ3) is 2.41. The number of halogens is 1. The Kier molecular flexibility index (Phi) is 3.72. The lowest BCUT2D eigenvalue weighted by Gasteiger charge is -2.15. The fourth-order valence-electron chi connectivity index (χ4n) is 2.05. The fourth-order valence-corrected chi connectivity index (χ4v) is 2.05. The van der Waals surface area contributed by atoms with Gasteiger partial charge >= 0.3 is 0 Å². The predicted octanol–water partition coefficient (Wildman–Crippen LogP) is 3.14. The number of aromatic nitrogens is 1. The van der Waals surface area contributed by atoms with Crippen molar-refractivity contribution in [2.75, 3.05) is 0 Å². The summed E-state index contributed by atoms with van der Waals surface area (Å²) in [7, 11) is 0. The van der Waals surface area contributed by atoms with Crippen LogP contribution in [-0.2, 0) is 6.42 Å². The fraction of sp³-hybridized carbons (Fsp3) is 0.267. The minimum atomic E-state index is -0.305. The largest absolute Gasteiger partial charge is 0.319 e. The van der Waals surface area contributed by atoms with Gasteiger partial charge in [-0.05, 0) is 42.2 Å². The van der Waals surface area contributed by atoms with Gasteiger partial charge in [0.1, 0.15) is 5.82 Å². The van der Waals surface area contributed by atoms with Crippen LogP contribution in [0.4, 0.5) is 4.39 Å². The van der Waals surface area contributed by atoms with Gasteiger partial charge in [-0.15, -0.1) is 0 Å². The second kappa shape index (κ2) is 5.27. The normalized spacial score (nSPS) is 12.4. The van der Waals surface area contributed by atoms with Crippen LogP contribution in [0.25, 0.3) is 0 Å². The van der Waals surface area contributed by atoms with Crippen molar-refractivity contribution in [3.8, 4) is 0 Å². The van der Waals surface area contributed by atoms with E-state index in [1.165, 1.54) is 6.07 Å². The predicted molar refractivity (Wildman–Crippen MR) is 70.8 cm³/mol. The summed E-state index contributed by atoms with van der Waals surface area (Å²) in [6, 6.07) is 8.60. The van der Waals surface area contributed by atoms with Crippen molar-refractivity contribution in [2.24, 2.45) is 5.73 Å². The Labute approximate surface area is 107 Å². The Morgan fingerprint density at radius 3 is 2.78 bits per heavy atom. The first kappa shape index (κ1) is 12.7. The Hall–Kier alpha value is -1.74. The zero-order chi connectivity index (χ0) is 13.1. The van der Waals surface area contributed by atoms with Crippen LogP contribution >= 0.6 is 0 Å². The number of hydrogen-bond acceptors (Lipinski definition) is 2. The Bertz CT molecular complexity index is 552. The highest BCUT2D eigenvalue weighted by molar-refractivity contribution is 5.34. The summed E-state index contributed by atoms with van der Waals surface area (Å²) in [6.07, 6.45) is 2.63. The highest BCUT2D eigenvalue weighted by Gasteiger charge is 2.14. The van der Waals surface area contributed by atoms with Crippen LogP contribution < -0.4 is 5.73 Å². The summed E-state index contributed by atoms with van der Waals surface area (Å²) in [5, 5.41) is 0. The second-order valence-electron chi connectivity index (χ2n) is 4.39. The molecule has 0 spiro atoms. The van der Waals surface area contributed by atoms with Crippen molar-refractivity contribution in [3.63, 3.8) is 0 Å². The zero-order valence-corrected chi connectivity index (χ0v) is 10.7. The summed E-state index contributed by atoms with van der Waals surface area (Å²) in [5.41, 5.74) is 9.72. The summed E-state index contributed by atoms with van der Waals surface area (Å²) < 4.78 is 13.3. The monoisotopic (exact) mass is 244 g/mol. The van der Waals surface area contributed by atoms with E-state index < -0.39 is 0 Å². The lowest BCUT2D eigenvalue weighted by molar-refractivity contribution is 0.616. The molecule has 1 aromatic heterocycles. The van der Waals surface area contributed by atoms with Crippen molar-refractivity contribution in [2.45, 2.75) is 26.3 Å². The molecular weight excluding hydrogens is 227 g/mol. The molecule has 18 heavy (non-hydrogen) atoms. The number of hydrogen-bond donors (Lipinski definition) is 1. The molecule has 1 heterocycles. The van der Waals surface area contributed by atoms with Gasteiger partial charge in [-0.25, -0.2) is 4.39 Å². The first-order valence-corrected chi connectivity index (χ1v) is 6.09. The van der Waals surface area contributed by atoms with Crippen molar-refractivity contribution in [1.29, 1.82) is 0 Å². The number of pyridine rings is 1. The highest BCUT2D eigenvalue weighted by atomic mass is 19.1. The van der Waals surface area contributed by atoms with Crippen LogP contribution in [0.15, 0.2) is 36.5 Å². The van der Waals surface area contributed by atoms with Gasteiger partial charge in [0.15, 0.2) is 0 Å². The minimum absolute atomic E-state index is 0.206. The van der Waals surface area contributed by atoms with Gasteiger partial charge in [0, 0.05) is 6.20 Å². The number of nitrogens with zero attached hydrogens (tertiary/aromatic N) is 1. The molecule has 0 saturated carbocycles. The van der Waals surface area contributed by atoms with Crippen LogP contribution in [-0.4, -0.2) is 4.98 Å². The van der Waals surface area contributed by atoms with Gasteiger partial charge in [-0.1, -0.05) is 25.1 Å². The maximum absolute atomic E-state index is 13.3. The van der Waals surface area contributed by atoms with Crippen LogP contribution in [0.1, 0.15) is 35.3 Å². The van der Waals surface area contributed by atoms with Gasteiger partial charge in [0.2, 0.25) is 0 Å². The Balaban J connectivity index is 2.41. The van der Waals surface area contributed by atoms with Gasteiger partial charge in [-0.2, -0.15) is 0 Å². The van der Waals surface area contributed by atoms with E-state index >= 15 is 0 Å². The molecule has 2 nitrogen and oxygen atoms in total. The molecule has 0 aliphatic carbocycles. The molecule has 0 aliphatic heterocycles. The lowest BCUT2D eigenvalue weighted by atomic mass is 9.98. The van der Waals surface area contributed by atoms with E-state index in [2.05, 4.69) is 11.9 Å². The Morgan fingerprint density at radius 2 is 2.11 bits per heavy atom. The topological polar surface area (TPSA) is 38.9 Å². The Morgan fingerprint density at radius 1 is 1.33 bits per heavy atom. The van der Waals surface area contributed by atoms with E-state index in [9.17, 15) is 4.39 Å². The van der Waals surface area contributed by atoms with E-state index in [1.54, 1.807) is 25.3 Å². The average Bonchev–Trinajstić information content (AvgIpc) is 2.41. The average molecular weight is 244 g/mol. The molecule has 2 aromatic rings. The van der Waals surface area contributed by atoms with Crippen molar-refractivity contribution in [3.05, 3.63) is 64.7 Å². The first-order chi connectivity index (χ1) is 8.63. The number of nitrogens with two attached hydrogens (primary N) is 1. The molecule has 0 amide bonds. The number of aryl methyl sites for hydroxylation is 2. The number of rotatable bonds is 3. The standard InChI is InChI=1S/C15H17FN2/c1-3-11-5-4-8-18-15(11)14(17)12-6-7-13(16)10(2)9-12/h4-9,14H,3,17H2,1-2H3. The summed E-state index contributed by atoms with van der Waals surface area (Å²) in [6.45, 7) is 3.81. The molecule has 3 heteroatoms. The maximum Gasteiger partial charge on any atom is 0.126 e. The molecular formula is C15H17FN2. The third-order valence-electron chi connectivity index (χ3n) is 3.14. The molecule has 0 radical (unpaired) electrons. The van der Waals surface area contributed by atoms with Crippen LogP contribution in [0.3, 0.4) is 0 Å². The van der Waals surface area contributed by atoms with Gasteiger partial charge in [-0.3, -0.25) is 4.98 Å². The summed E-state index contributed by atoms with van der Waals surface area (Å²) in [4.78, 5) is 4.36. The lowest BCUT2D eigenvalue weighted by Crippen LogP contribution is -2.16. The minimum Gasteiger partial charge on any atom is -0.319 e. The molecule has 94 valence electrons. The molecule has 2 N–H and O–H groups in total. The SMILES string of the molecule is CCc1cccnc1C(N)c1ccc(F)c(C)c1. The van der Waals surface area contributed by atoms with Crippen LogP contribution in [0, 0.1) is 12.7 Å². The maximum atomic E-state index is 13.3. The quantitative estimate of drug-likeness (QED) is 0.900. The first-order valence-electron chi connectivity index (χ1n) is 6.09. The smallest absolute Gasteiger partial charge is 0.126 e. The molecule has 0 fully saturated rings. The molecule has 0 aliphatic rings. The summed E-state index contributed by atoms with van der Waals surface area (Å²) >= 11 is 0. The summed E-state index contributed by atoms with van der Waals surface area (Å²) in [5.74, 6) is -0.206. The second-order valence-corrected chi connectivity index (χ2v) is 4.39. The molecule has 2 rings (SSSR count). The van der Waals surface area contributed by atoms with Crippen molar-refractivity contribution >= 4 is 0 Å². The highest BCUT2D eigenvalue weighted by Crippen LogP contribution is 2.22. The molecule has 1 unspecified atom stereocenters. The van der Waals surface area contributed by atoms with E-state index in [-0.39, 0.29) is 11.9 Å². The van der Waals surface area contributed by atoms with Crippen molar-refractivity contribution in [1.82, 2.24) is 4.98 Å². The zero-order valence-electron chi connectivity index (χ0n) is 10.7. The molecule has 1 atom stereocenters. The third-order valence-corrected chi connectivity index (χ3v) is 3.14. The van der Waals surface area contributed by atoms with E-state index in [0.717, 1.165) is 23.2 Å². The van der Waals surface area contributed by atoms with Crippen LogP contribution in [0.5, 0.6) is 0 Å². The van der Waals surface area contributed by atoms with E-state index in [4.69, 9.17) is 5.73 Å². The van der Waals surface area contributed by atoms with Gasteiger partial charge in [0.25, 0.3) is 0 Å². The van der Waals surface area contributed by atoms with Crippen molar-refractivity contribution < 1.29 is 4.39 Å². The van der Waals surface area contributed by atoms with Crippen LogP contribution in [0.2, 0.25) is 0 Å². The molecule has 1 aromatic carbocycles. The molecule has 0 bridgehead atoms. The van der Waals surface area contributed by atoms with E-state index in [0.29, 0.717) is 5.56 Å². The van der Waals surface area contributed by atoms with E-state index in [1.807, 2.05) is 12.1 Å². The van der Waals surface area contributed by atoms with Gasteiger partial charge in [0.05, 0.1) is 11.7 Å². The van der Waals surface area contributed by atoms with Gasteiger partial charge < -0.3 is 5.73 Å². The number of benzene rings is 1. The molecule has 0 saturated heterocycles.